The molecule has 0 aliphatic rings. The minimum Gasteiger partial charge on any atom is -0.228 e. The number of benzene rings is 1. The molecule has 0 N–H and O–H groups in total. The third kappa shape index (κ3) is 2.46. The zero-order valence-corrected chi connectivity index (χ0v) is 11.5. The van der Waals surface area contributed by atoms with Gasteiger partial charge < -0.3 is 0 Å². The molecule has 5 heteroatoms. The van der Waals surface area contributed by atoms with Crippen LogP contribution in [0.2, 0.25) is 0 Å². The molecule has 0 aliphatic heterocycles. The Morgan fingerprint density at radius 3 is 2.21 bits per heavy atom. The van der Waals surface area contributed by atoms with Crippen molar-refractivity contribution in [2.45, 2.75) is 46.0 Å². The van der Waals surface area contributed by atoms with E-state index >= 15 is 0 Å². The summed E-state index contributed by atoms with van der Waals surface area (Å²) in [6, 6.07) is 4.25. The highest BCUT2D eigenvalue weighted by molar-refractivity contribution is 5.73. The molecule has 0 unspecified atom stereocenters. The SMILES string of the molecule is CC(C)n1c[n+](C(C)C)c2cc(C(F)(F)F)ccc21. The molecule has 0 amide bonds. The van der Waals surface area contributed by atoms with Crippen LogP contribution in [0, 0.1) is 0 Å². The lowest BCUT2D eigenvalue weighted by Gasteiger charge is -2.06. The first-order valence-electron chi connectivity index (χ1n) is 6.34. The molecule has 1 aromatic heterocycles. The number of rotatable bonds is 2. The Morgan fingerprint density at radius 2 is 1.74 bits per heavy atom. The molecule has 1 aromatic carbocycles. The summed E-state index contributed by atoms with van der Waals surface area (Å²) in [5.41, 5.74) is 0.853. The summed E-state index contributed by atoms with van der Waals surface area (Å²) < 4.78 is 42.3. The fourth-order valence-electron chi connectivity index (χ4n) is 2.21. The highest BCUT2D eigenvalue weighted by atomic mass is 19.4. The fourth-order valence-corrected chi connectivity index (χ4v) is 2.21. The van der Waals surface area contributed by atoms with Gasteiger partial charge in [-0.3, -0.25) is 0 Å². The van der Waals surface area contributed by atoms with Gasteiger partial charge in [-0.2, -0.15) is 13.2 Å². The van der Waals surface area contributed by atoms with E-state index < -0.39 is 11.7 Å². The smallest absolute Gasteiger partial charge is 0.228 e. The number of alkyl halides is 3. The minimum absolute atomic E-state index is 0.117. The Kier molecular flexibility index (Phi) is 3.32. The van der Waals surface area contributed by atoms with Crippen LogP contribution in [-0.2, 0) is 6.18 Å². The minimum atomic E-state index is -4.30. The van der Waals surface area contributed by atoms with Gasteiger partial charge in [0.2, 0.25) is 6.33 Å². The maximum absolute atomic E-state index is 12.8. The summed E-state index contributed by atoms with van der Waals surface area (Å²) in [7, 11) is 0. The van der Waals surface area contributed by atoms with Gasteiger partial charge in [0.05, 0.1) is 17.6 Å². The summed E-state index contributed by atoms with van der Waals surface area (Å²) in [5.74, 6) is 0. The van der Waals surface area contributed by atoms with Crippen LogP contribution in [0.25, 0.3) is 11.0 Å². The Morgan fingerprint density at radius 1 is 1.11 bits per heavy atom. The topological polar surface area (TPSA) is 8.81 Å². The zero-order valence-electron chi connectivity index (χ0n) is 11.5. The second kappa shape index (κ2) is 4.54. The van der Waals surface area contributed by atoms with Crippen molar-refractivity contribution >= 4 is 11.0 Å². The number of halogens is 3. The van der Waals surface area contributed by atoms with Crippen molar-refractivity contribution in [1.29, 1.82) is 0 Å². The highest BCUT2D eigenvalue weighted by Gasteiger charge is 2.32. The normalized spacial score (nSPS) is 12.9. The van der Waals surface area contributed by atoms with Crippen LogP contribution in [0.5, 0.6) is 0 Å². The first-order chi connectivity index (χ1) is 8.71. The van der Waals surface area contributed by atoms with Gasteiger partial charge in [0, 0.05) is 6.07 Å². The van der Waals surface area contributed by atoms with E-state index in [1.165, 1.54) is 6.07 Å². The molecule has 0 spiro atoms. The van der Waals surface area contributed by atoms with Crippen molar-refractivity contribution in [2.75, 3.05) is 0 Å². The van der Waals surface area contributed by atoms with Gasteiger partial charge >= 0.3 is 6.18 Å². The van der Waals surface area contributed by atoms with Gasteiger partial charge in [-0.15, -0.1) is 0 Å². The van der Waals surface area contributed by atoms with E-state index in [0.717, 1.165) is 11.6 Å². The van der Waals surface area contributed by atoms with E-state index in [0.29, 0.717) is 5.52 Å². The van der Waals surface area contributed by atoms with Crippen molar-refractivity contribution in [3.8, 4) is 0 Å². The molecule has 2 aromatic rings. The molecule has 2 rings (SSSR count). The Bertz CT molecular complexity index is 594. The summed E-state index contributed by atoms with van der Waals surface area (Å²) in [6.07, 6.45) is -2.41. The first-order valence-corrected chi connectivity index (χ1v) is 6.34. The van der Waals surface area contributed by atoms with Crippen molar-refractivity contribution < 1.29 is 17.7 Å². The monoisotopic (exact) mass is 271 g/mol. The second-order valence-electron chi connectivity index (χ2n) is 5.32. The second-order valence-corrected chi connectivity index (χ2v) is 5.32. The summed E-state index contributed by atoms with van der Waals surface area (Å²) in [6.45, 7) is 7.96. The molecule has 0 saturated carbocycles. The third-order valence-corrected chi connectivity index (χ3v) is 3.22. The molecule has 2 nitrogen and oxygen atoms in total. The highest BCUT2D eigenvalue weighted by Crippen LogP contribution is 2.31. The lowest BCUT2D eigenvalue weighted by molar-refractivity contribution is -0.692. The summed E-state index contributed by atoms with van der Waals surface area (Å²) >= 11 is 0. The summed E-state index contributed by atoms with van der Waals surface area (Å²) in [4.78, 5) is 0. The van der Waals surface area contributed by atoms with Gasteiger partial charge in [-0.25, -0.2) is 9.13 Å². The van der Waals surface area contributed by atoms with Crippen molar-refractivity contribution in [1.82, 2.24) is 4.57 Å². The Labute approximate surface area is 110 Å². The van der Waals surface area contributed by atoms with Crippen LogP contribution in [0.4, 0.5) is 13.2 Å². The van der Waals surface area contributed by atoms with Crippen LogP contribution in [0.15, 0.2) is 24.5 Å². The van der Waals surface area contributed by atoms with Crippen molar-refractivity contribution in [2.24, 2.45) is 0 Å². The average Bonchev–Trinajstić information content (AvgIpc) is 2.66. The molecule has 0 fully saturated rings. The van der Waals surface area contributed by atoms with Crippen LogP contribution < -0.4 is 4.57 Å². The van der Waals surface area contributed by atoms with Crippen LogP contribution in [0.3, 0.4) is 0 Å². The van der Waals surface area contributed by atoms with Crippen LogP contribution >= 0.6 is 0 Å². The molecule has 0 bridgehead atoms. The quantitative estimate of drug-likeness (QED) is 0.727. The van der Waals surface area contributed by atoms with Gasteiger partial charge in [0.1, 0.15) is 0 Å². The molecule has 19 heavy (non-hydrogen) atoms. The lowest BCUT2D eigenvalue weighted by Crippen LogP contribution is -2.34. The number of fused-ring (bicyclic) bond motifs is 1. The molecule has 0 saturated heterocycles. The third-order valence-electron chi connectivity index (χ3n) is 3.22. The molecule has 0 aliphatic carbocycles. The van der Waals surface area contributed by atoms with Crippen molar-refractivity contribution in [3.05, 3.63) is 30.1 Å². The van der Waals surface area contributed by atoms with E-state index in [1.807, 2.05) is 43.2 Å². The molecule has 0 radical (unpaired) electrons. The lowest BCUT2D eigenvalue weighted by atomic mass is 10.2. The van der Waals surface area contributed by atoms with Crippen molar-refractivity contribution in [3.63, 3.8) is 0 Å². The van der Waals surface area contributed by atoms with Gasteiger partial charge in [0.25, 0.3) is 0 Å². The van der Waals surface area contributed by atoms with E-state index in [4.69, 9.17) is 0 Å². The Balaban J connectivity index is 2.73. The van der Waals surface area contributed by atoms with E-state index in [2.05, 4.69) is 0 Å². The van der Waals surface area contributed by atoms with E-state index in [9.17, 15) is 13.2 Å². The fraction of sp³-hybridized carbons (Fsp3) is 0.500. The van der Waals surface area contributed by atoms with E-state index in [1.54, 1.807) is 6.07 Å². The van der Waals surface area contributed by atoms with Crippen LogP contribution in [0.1, 0.15) is 45.3 Å². The standard InChI is InChI=1S/C14H18F3N2/c1-9(2)18-8-19(10(3)4)13-7-11(14(15,16)17)5-6-12(13)18/h5-10H,1-4H3/q+1. The number of nitrogens with zero attached hydrogens (tertiary/aromatic N) is 2. The zero-order chi connectivity index (χ0) is 14.4. The first kappa shape index (κ1) is 13.9. The predicted octanol–water partition coefficient (Wildman–Crippen LogP) is 4.11. The predicted molar refractivity (Wildman–Crippen MR) is 67.9 cm³/mol. The molecule has 0 atom stereocenters. The van der Waals surface area contributed by atoms with Gasteiger partial charge in [-0.05, 0) is 39.8 Å². The Hall–Kier alpha value is -1.52. The average molecular weight is 271 g/mol. The number of hydrogen-bond donors (Lipinski definition) is 0. The number of hydrogen-bond acceptors (Lipinski definition) is 0. The maximum atomic E-state index is 12.8. The maximum Gasteiger partial charge on any atom is 0.416 e. The largest absolute Gasteiger partial charge is 0.416 e. The van der Waals surface area contributed by atoms with Crippen LogP contribution in [-0.4, -0.2) is 4.57 Å². The number of imidazole rings is 1. The number of aromatic nitrogens is 2. The molecule has 104 valence electrons. The molecule has 1 heterocycles. The van der Waals surface area contributed by atoms with Gasteiger partial charge in [-0.1, -0.05) is 0 Å². The summed E-state index contributed by atoms with van der Waals surface area (Å²) in [5, 5.41) is 0. The van der Waals surface area contributed by atoms with E-state index in [-0.39, 0.29) is 12.1 Å². The molecular formula is C14H18F3N2+. The molecular weight excluding hydrogens is 253 g/mol. The van der Waals surface area contributed by atoms with Gasteiger partial charge in [0.15, 0.2) is 11.0 Å².